The van der Waals surface area contributed by atoms with E-state index in [0.717, 1.165) is 25.2 Å². The topological polar surface area (TPSA) is 24.1 Å². The summed E-state index contributed by atoms with van der Waals surface area (Å²) in [6.07, 6.45) is 0. The molecule has 0 aliphatic carbocycles. The molecule has 0 saturated carbocycles. The van der Waals surface area contributed by atoms with Crippen molar-refractivity contribution in [2.45, 2.75) is 13.5 Å². The van der Waals surface area contributed by atoms with E-state index in [0.29, 0.717) is 5.56 Å². The van der Waals surface area contributed by atoms with E-state index < -0.39 is 0 Å². The van der Waals surface area contributed by atoms with E-state index in [1.807, 2.05) is 19.2 Å². The molecular weight excluding hydrogens is 179 g/mol. The average Bonchev–Trinajstić information content (AvgIpc) is 2.18. The number of benzene rings is 1. The van der Waals surface area contributed by atoms with Gasteiger partial charge in [-0.2, -0.15) is 0 Å². The van der Waals surface area contributed by atoms with Gasteiger partial charge in [-0.15, -0.1) is 0 Å². The summed E-state index contributed by atoms with van der Waals surface area (Å²) >= 11 is 0. The molecule has 0 bridgehead atoms. The van der Waals surface area contributed by atoms with Crippen molar-refractivity contribution < 1.29 is 4.39 Å². The van der Waals surface area contributed by atoms with Crippen LogP contribution in [0.3, 0.4) is 0 Å². The zero-order valence-corrected chi connectivity index (χ0v) is 8.73. The molecule has 3 heteroatoms. The zero-order chi connectivity index (χ0) is 10.4. The molecule has 0 spiro atoms. The van der Waals surface area contributed by atoms with Gasteiger partial charge in [-0.05, 0) is 31.2 Å². The number of nitrogens with one attached hydrogen (secondary N) is 2. The van der Waals surface area contributed by atoms with E-state index in [1.54, 1.807) is 13.0 Å². The van der Waals surface area contributed by atoms with Gasteiger partial charge in [0.1, 0.15) is 5.82 Å². The number of aryl methyl sites for hydroxylation is 1. The highest BCUT2D eigenvalue weighted by Gasteiger charge is 1.98. The fourth-order valence-corrected chi connectivity index (χ4v) is 1.19. The standard InChI is InChI=1S/C11H17FN2/c1-9-3-4-10(7-11(9)12)8-14-6-5-13-2/h3-4,7,13-14H,5-6,8H2,1-2H3. The number of halogens is 1. The zero-order valence-electron chi connectivity index (χ0n) is 8.73. The summed E-state index contributed by atoms with van der Waals surface area (Å²) in [6, 6.07) is 5.34. The summed E-state index contributed by atoms with van der Waals surface area (Å²) in [7, 11) is 1.91. The molecule has 2 nitrogen and oxygen atoms in total. The second kappa shape index (κ2) is 5.73. The Balaban J connectivity index is 2.39. The van der Waals surface area contributed by atoms with Crippen molar-refractivity contribution in [3.8, 4) is 0 Å². The molecule has 0 aliphatic rings. The van der Waals surface area contributed by atoms with Gasteiger partial charge in [0, 0.05) is 19.6 Å². The summed E-state index contributed by atoms with van der Waals surface area (Å²) in [5, 5.41) is 6.26. The van der Waals surface area contributed by atoms with Crippen LogP contribution in [-0.4, -0.2) is 20.1 Å². The van der Waals surface area contributed by atoms with Crippen LogP contribution in [0.1, 0.15) is 11.1 Å². The van der Waals surface area contributed by atoms with Crippen molar-refractivity contribution in [2.75, 3.05) is 20.1 Å². The van der Waals surface area contributed by atoms with Gasteiger partial charge in [0.2, 0.25) is 0 Å². The van der Waals surface area contributed by atoms with Crippen molar-refractivity contribution in [3.05, 3.63) is 35.1 Å². The minimum absolute atomic E-state index is 0.127. The molecule has 0 saturated heterocycles. The van der Waals surface area contributed by atoms with E-state index in [4.69, 9.17) is 0 Å². The molecule has 0 atom stereocenters. The Morgan fingerprint density at radius 2 is 2.07 bits per heavy atom. The maximum Gasteiger partial charge on any atom is 0.126 e. The van der Waals surface area contributed by atoms with Crippen LogP contribution in [0.4, 0.5) is 4.39 Å². The summed E-state index contributed by atoms with van der Waals surface area (Å²) in [6.45, 7) is 4.31. The molecule has 2 N–H and O–H groups in total. The molecule has 0 aliphatic heterocycles. The Kier molecular flexibility index (Phi) is 4.56. The number of likely N-dealkylation sites (N-methyl/N-ethyl adjacent to an activating group) is 1. The average molecular weight is 196 g/mol. The Bertz CT molecular complexity index is 287. The monoisotopic (exact) mass is 196 g/mol. The molecule has 0 aromatic heterocycles. The first-order chi connectivity index (χ1) is 6.74. The highest BCUT2D eigenvalue weighted by atomic mass is 19.1. The Hall–Kier alpha value is -0.930. The summed E-state index contributed by atoms with van der Waals surface area (Å²) in [5.74, 6) is -0.127. The highest BCUT2D eigenvalue weighted by Crippen LogP contribution is 2.08. The summed E-state index contributed by atoms with van der Waals surface area (Å²) in [5.41, 5.74) is 1.69. The molecular formula is C11H17FN2. The van der Waals surface area contributed by atoms with E-state index in [1.165, 1.54) is 0 Å². The third kappa shape index (κ3) is 3.44. The Morgan fingerprint density at radius 1 is 1.29 bits per heavy atom. The first kappa shape index (κ1) is 11.1. The first-order valence-electron chi connectivity index (χ1n) is 4.84. The largest absolute Gasteiger partial charge is 0.318 e. The number of hydrogen-bond acceptors (Lipinski definition) is 2. The van der Waals surface area contributed by atoms with Gasteiger partial charge in [0.15, 0.2) is 0 Å². The molecule has 0 fully saturated rings. The van der Waals surface area contributed by atoms with Crippen LogP contribution in [0, 0.1) is 12.7 Å². The van der Waals surface area contributed by atoms with Crippen LogP contribution in [0.5, 0.6) is 0 Å². The summed E-state index contributed by atoms with van der Waals surface area (Å²) < 4.78 is 13.1. The number of hydrogen-bond donors (Lipinski definition) is 2. The summed E-state index contributed by atoms with van der Waals surface area (Å²) in [4.78, 5) is 0. The molecule has 1 rings (SSSR count). The fourth-order valence-electron chi connectivity index (χ4n) is 1.19. The minimum Gasteiger partial charge on any atom is -0.318 e. The van der Waals surface area contributed by atoms with Crippen molar-refractivity contribution in [1.82, 2.24) is 10.6 Å². The fraction of sp³-hybridized carbons (Fsp3) is 0.455. The lowest BCUT2D eigenvalue weighted by Crippen LogP contribution is -2.24. The Labute approximate surface area is 84.5 Å². The van der Waals surface area contributed by atoms with Gasteiger partial charge >= 0.3 is 0 Å². The van der Waals surface area contributed by atoms with E-state index in [9.17, 15) is 4.39 Å². The first-order valence-corrected chi connectivity index (χ1v) is 4.84. The van der Waals surface area contributed by atoms with Crippen LogP contribution >= 0.6 is 0 Å². The number of rotatable bonds is 5. The van der Waals surface area contributed by atoms with Crippen LogP contribution in [-0.2, 0) is 6.54 Å². The van der Waals surface area contributed by atoms with Gasteiger partial charge in [-0.3, -0.25) is 0 Å². The van der Waals surface area contributed by atoms with Gasteiger partial charge in [0.05, 0.1) is 0 Å². The molecule has 14 heavy (non-hydrogen) atoms. The molecule has 1 aromatic rings. The second-order valence-corrected chi connectivity index (χ2v) is 3.36. The highest BCUT2D eigenvalue weighted by molar-refractivity contribution is 5.23. The van der Waals surface area contributed by atoms with Gasteiger partial charge < -0.3 is 10.6 Å². The molecule has 1 aromatic carbocycles. The minimum atomic E-state index is -0.127. The van der Waals surface area contributed by atoms with Crippen LogP contribution in [0.2, 0.25) is 0 Å². The molecule has 78 valence electrons. The van der Waals surface area contributed by atoms with E-state index in [2.05, 4.69) is 10.6 Å². The van der Waals surface area contributed by atoms with Crippen molar-refractivity contribution in [2.24, 2.45) is 0 Å². The lowest BCUT2D eigenvalue weighted by Gasteiger charge is -2.05. The lowest BCUT2D eigenvalue weighted by atomic mass is 10.1. The van der Waals surface area contributed by atoms with Crippen LogP contribution in [0.25, 0.3) is 0 Å². The molecule has 0 amide bonds. The maximum atomic E-state index is 13.1. The van der Waals surface area contributed by atoms with Gasteiger partial charge in [0.25, 0.3) is 0 Å². The third-order valence-electron chi connectivity index (χ3n) is 2.12. The van der Waals surface area contributed by atoms with Crippen LogP contribution < -0.4 is 10.6 Å². The molecule has 0 radical (unpaired) electrons. The third-order valence-corrected chi connectivity index (χ3v) is 2.12. The van der Waals surface area contributed by atoms with Crippen molar-refractivity contribution in [3.63, 3.8) is 0 Å². The van der Waals surface area contributed by atoms with Gasteiger partial charge in [-0.1, -0.05) is 12.1 Å². The predicted molar refractivity (Wildman–Crippen MR) is 56.8 cm³/mol. The van der Waals surface area contributed by atoms with E-state index >= 15 is 0 Å². The van der Waals surface area contributed by atoms with Crippen molar-refractivity contribution >= 4 is 0 Å². The maximum absolute atomic E-state index is 13.1. The smallest absolute Gasteiger partial charge is 0.126 e. The molecule has 0 heterocycles. The SMILES string of the molecule is CNCCNCc1ccc(C)c(F)c1. The Morgan fingerprint density at radius 3 is 2.71 bits per heavy atom. The van der Waals surface area contributed by atoms with Gasteiger partial charge in [-0.25, -0.2) is 4.39 Å². The second-order valence-electron chi connectivity index (χ2n) is 3.36. The van der Waals surface area contributed by atoms with E-state index in [-0.39, 0.29) is 5.82 Å². The quantitative estimate of drug-likeness (QED) is 0.696. The van der Waals surface area contributed by atoms with Crippen molar-refractivity contribution in [1.29, 1.82) is 0 Å². The lowest BCUT2D eigenvalue weighted by molar-refractivity contribution is 0.609. The van der Waals surface area contributed by atoms with Crippen LogP contribution in [0.15, 0.2) is 18.2 Å². The normalized spacial score (nSPS) is 10.5. The molecule has 0 unspecified atom stereocenters. The predicted octanol–water partition coefficient (Wildman–Crippen LogP) is 1.44.